The molecule has 0 aliphatic carbocycles. The van der Waals surface area contributed by atoms with Gasteiger partial charge in [-0.2, -0.15) is 0 Å². The molecule has 2 aliphatic rings. The van der Waals surface area contributed by atoms with Gasteiger partial charge in [-0.3, -0.25) is 4.79 Å². The minimum atomic E-state index is -1.67. The lowest BCUT2D eigenvalue weighted by Gasteiger charge is -2.47. The molecule has 356 valence electrons. The van der Waals surface area contributed by atoms with Crippen LogP contribution in [0, 0.1) is 0 Å². The quantitative estimate of drug-likeness (QED) is 0.0236. The number of carbonyl (C=O) groups excluding carboxylic acids is 1. The van der Waals surface area contributed by atoms with Gasteiger partial charge < -0.3 is 77.8 Å². The summed E-state index contributed by atoms with van der Waals surface area (Å²) in [5.74, 6) is 1.45. The first-order valence-electron chi connectivity index (χ1n) is 19.7. The molecule has 2 heterocycles. The minimum Gasteiger partial charge on any atom is -0.394 e. The van der Waals surface area contributed by atoms with Gasteiger partial charge in [0.2, 0.25) is 5.91 Å². The maximum Gasteiger partial charge on any atom is 0.217 e. The molecule has 0 aromatic rings. The number of aliphatic hydroxyl groups is 4. The highest BCUT2D eigenvalue weighted by Crippen LogP contribution is 2.30. The Balaban J connectivity index is 1.78. The van der Waals surface area contributed by atoms with Gasteiger partial charge in [-0.05, 0) is 49.3 Å². The summed E-state index contributed by atoms with van der Waals surface area (Å²) in [6, 6.07) is -0.907. The van der Waals surface area contributed by atoms with E-state index in [2.05, 4.69) is 47.7 Å². The molecule has 60 heavy (non-hydrogen) atoms. The largest absolute Gasteiger partial charge is 0.394 e. The number of rotatable bonds is 39. The lowest BCUT2D eigenvalue weighted by Crippen LogP contribution is -2.67. The predicted octanol–water partition coefficient (Wildman–Crippen LogP) is 0.0277. The highest BCUT2D eigenvalue weighted by molar-refractivity contribution is 14.2. The summed E-state index contributed by atoms with van der Waals surface area (Å²) in [5, 5.41) is 46.3. The maximum absolute atomic E-state index is 11.8. The Morgan fingerprint density at radius 2 is 1.03 bits per heavy atom. The molecule has 1 amide bonds. The fraction of sp³-hybridized carbons (Fsp3) is 0.971. The number of halogens is 2. The zero-order valence-electron chi connectivity index (χ0n) is 34.2. The predicted molar refractivity (Wildman–Crippen MR) is 233 cm³/mol. The fourth-order valence-corrected chi connectivity index (χ4v) is 6.94. The monoisotopic (exact) mass is 1140 g/mol. The summed E-state index contributed by atoms with van der Waals surface area (Å²) in [6.07, 6.45) is -11.8. The van der Waals surface area contributed by atoms with E-state index >= 15 is 0 Å². The summed E-state index contributed by atoms with van der Waals surface area (Å²) in [5.41, 5.74) is 0. The summed E-state index contributed by atoms with van der Waals surface area (Å²) in [7, 11) is 3.39. The van der Waals surface area contributed by atoms with Gasteiger partial charge in [0.15, 0.2) is 12.4 Å². The summed E-state index contributed by atoms with van der Waals surface area (Å²) >= 11 is 4.45. The second-order valence-corrected chi connectivity index (χ2v) is 17.9. The Hall–Kier alpha value is 0.870. The van der Waals surface area contributed by atoms with Gasteiger partial charge >= 0.3 is 0 Å². The van der Waals surface area contributed by atoms with Crippen LogP contribution in [0.1, 0.15) is 13.8 Å². The molecule has 2 fully saturated rings. The van der Waals surface area contributed by atoms with Crippen LogP contribution in [0.3, 0.4) is 0 Å². The van der Waals surface area contributed by atoms with Crippen LogP contribution in [0.4, 0.5) is 0 Å². The van der Waals surface area contributed by atoms with E-state index in [1.807, 2.05) is 0 Å². The highest BCUT2D eigenvalue weighted by Gasteiger charge is 2.51. The number of amides is 1. The van der Waals surface area contributed by atoms with E-state index in [9.17, 15) is 25.2 Å². The Morgan fingerprint density at radius 1 is 0.583 bits per heavy atom. The standard InChI is InChI=1S/C35H65I2NO20S2/c1-25-29(38-26(2)40)31(42)33(27(23-39)55-25)57-35-32(43)34(58-53-18-16-49-10-8-45-4-6-47-12-14-51-20-22-60-37)30(41)28(56-35)24-54-52-17-15-48-9-7-44-3-5-46-11-13-50-19-21-59-36/h25,27-35,39,41-43H,3-24H2,1-2H3,(H,38,40). The second kappa shape index (κ2) is 38.0. The summed E-state index contributed by atoms with van der Waals surface area (Å²) < 4.78 is 61.3. The molecule has 0 aromatic heterocycles. The third kappa shape index (κ3) is 25.5. The number of carbonyl (C=O) groups is 1. The lowest BCUT2D eigenvalue weighted by atomic mass is 9.92. The normalized spacial score (nSPS) is 27.1. The summed E-state index contributed by atoms with van der Waals surface area (Å²) in [4.78, 5) is 33.1. The molecular formula is C35H65I2NO20S2. The zero-order valence-corrected chi connectivity index (χ0v) is 40.2. The number of aliphatic hydroxyl groups excluding tert-OH is 4. The van der Waals surface area contributed by atoms with Crippen molar-refractivity contribution in [2.45, 2.75) is 75.0 Å². The SMILES string of the molecule is CC(=O)NC1C(C)OC(CO)C(OC2OC(COOCCOCCOCCOCCOCCSI)C(O)C(OOCCOCCOCCOCCOCCSI)C2O)C1O. The Labute approximate surface area is 384 Å². The van der Waals surface area contributed by atoms with Crippen LogP contribution in [0.5, 0.6) is 0 Å². The molecule has 2 aliphatic heterocycles. The Morgan fingerprint density at radius 3 is 1.48 bits per heavy atom. The van der Waals surface area contributed by atoms with Crippen molar-refractivity contribution >= 4 is 66.2 Å². The van der Waals surface area contributed by atoms with Crippen LogP contribution in [-0.4, -0.2) is 231 Å². The van der Waals surface area contributed by atoms with Crippen LogP contribution in [0.2, 0.25) is 0 Å². The number of hydrogen-bond donors (Lipinski definition) is 5. The molecule has 0 radical (unpaired) electrons. The van der Waals surface area contributed by atoms with Crippen molar-refractivity contribution in [1.29, 1.82) is 0 Å². The first-order chi connectivity index (χ1) is 29.2. The van der Waals surface area contributed by atoms with E-state index in [0.717, 1.165) is 11.5 Å². The molecule has 10 atom stereocenters. The van der Waals surface area contributed by atoms with Crippen molar-refractivity contribution in [2.24, 2.45) is 0 Å². The molecule has 2 rings (SSSR count). The van der Waals surface area contributed by atoms with Gasteiger partial charge in [0, 0.05) is 18.4 Å². The Bertz CT molecular complexity index is 1030. The average molecular weight is 1140 g/mol. The van der Waals surface area contributed by atoms with Gasteiger partial charge in [-0.1, -0.05) is 17.9 Å². The van der Waals surface area contributed by atoms with Crippen molar-refractivity contribution in [3.05, 3.63) is 0 Å². The molecular weight excluding hydrogens is 1070 g/mol. The van der Waals surface area contributed by atoms with Crippen molar-refractivity contribution < 1.29 is 96.9 Å². The maximum atomic E-state index is 11.8. The molecule has 0 saturated carbocycles. The number of ether oxygens (including phenoxy) is 11. The molecule has 25 heteroatoms. The zero-order chi connectivity index (χ0) is 43.6. The first-order valence-corrected chi connectivity index (χ1v) is 26.8. The van der Waals surface area contributed by atoms with Crippen LogP contribution < -0.4 is 5.32 Å². The van der Waals surface area contributed by atoms with Crippen LogP contribution in [0.25, 0.3) is 0 Å². The van der Waals surface area contributed by atoms with Gasteiger partial charge in [0.1, 0.15) is 56.4 Å². The molecule has 10 unspecified atom stereocenters. The molecule has 5 N–H and O–H groups in total. The van der Waals surface area contributed by atoms with Crippen molar-refractivity contribution in [3.8, 4) is 0 Å². The molecule has 0 spiro atoms. The van der Waals surface area contributed by atoms with E-state index in [1.54, 1.807) is 24.8 Å². The summed E-state index contributed by atoms with van der Waals surface area (Å²) in [6.45, 7) is 8.68. The average Bonchev–Trinajstić information content (AvgIpc) is 3.23. The Kier molecular flexibility index (Phi) is 36.1. The topological polar surface area (TPSA) is 248 Å². The van der Waals surface area contributed by atoms with E-state index in [4.69, 9.17) is 71.7 Å². The smallest absolute Gasteiger partial charge is 0.217 e. The van der Waals surface area contributed by atoms with Crippen LogP contribution >= 0.6 is 60.3 Å². The van der Waals surface area contributed by atoms with E-state index < -0.39 is 73.7 Å². The van der Waals surface area contributed by atoms with Crippen molar-refractivity contribution in [1.82, 2.24) is 5.32 Å². The van der Waals surface area contributed by atoms with Gasteiger partial charge in [0.05, 0.1) is 124 Å². The highest BCUT2D eigenvalue weighted by atomic mass is 127. The third-order valence-electron chi connectivity index (χ3n) is 8.41. The molecule has 0 aromatic carbocycles. The van der Waals surface area contributed by atoms with E-state index in [1.165, 1.54) is 6.92 Å². The van der Waals surface area contributed by atoms with Crippen LogP contribution in [0.15, 0.2) is 0 Å². The number of nitrogens with one attached hydrogen (secondary N) is 1. The van der Waals surface area contributed by atoms with Crippen molar-refractivity contribution in [3.63, 3.8) is 0 Å². The van der Waals surface area contributed by atoms with E-state index in [-0.39, 0.29) is 39.6 Å². The molecule has 2 saturated heterocycles. The van der Waals surface area contributed by atoms with Gasteiger partial charge in [-0.25, -0.2) is 19.6 Å². The second-order valence-electron chi connectivity index (χ2n) is 12.9. The minimum absolute atomic E-state index is 0.0345. The van der Waals surface area contributed by atoms with Crippen molar-refractivity contribution in [2.75, 3.05) is 144 Å². The van der Waals surface area contributed by atoms with Crippen LogP contribution in [-0.2, 0) is 76.5 Å². The fourth-order valence-electron chi connectivity index (χ4n) is 5.50. The van der Waals surface area contributed by atoms with Gasteiger partial charge in [-0.15, -0.1) is 0 Å². The van der Waals surface area contributed by atoms with E-state index in [0.29, 0.717) is 85.9 Å². The molecule has 0 bridgehead atoms. The third-order valence-corrected chi connectivity index (χ3v) is 11.7. The number of hydrogen-bond acceptors (Lipinski definition) is 22. The van der Waals surface area contributed by atoms with Gasteiger partial charge in [0.25, 0.3) is 0 Å². The first kappa shape index (κ1) is 57.0. The molecule has 21 nitrogen and oxygen atoms in total. The lowest BCUT2D eigenvalue weighted by molar-refractivity contribution is -0.414.